The zero-order chi connectivity index (χ0) is 14.1. The molecule has 1 aliphatic heterocycles. The number of carbonyl (C=O) groups excluding carboxylic acids is 2. The van der Waals surface area contributed by atoms with Crippen molar-refractivity contribution >= 4 is 22.7 Å². The highest BCUT2D eigenvalue weighted by atomic mass is 16.2. The highest BCUT2D eigenvalue weighted by molar-refractivity contribution is 5.99. The molecular formula is C15H15N3O2. The second-order valence-electron chi connectivity index (χ2n) is 4.96. The van der Waals surface area contributed by atoms with Crippen LogP contribution in [0.4, 0.5) is 0 Å². The fourth-order valence-electron chi connectivity index (χ4n) is 2.30. The number of hydrogen-bond acceptors (Lipinski definition) is 3. The van der Waals surface area contributed by atoms with E-state index in [0.717, 1.165) is 10.9 Å². The van der Waals surface area contributed by atoms with E-state index in [0.29, 0.717) is 18.7 Å². The summed E-state index contributed by atoms with van der Waals surface area (Å²) in [6, 6.07) is 9.48. The van der Waals surface area contributed by atoms with Crippen LogP contribution in [0.3, 0.4) is 0 Å². The van der Waals surface area contributed by atoms with Crippen LogP contribution in [-0.4, -0.2) is 53.3 Å². The van der Waals surface area contributed by atoms with E-state index in [9.17, 15) is 9.59 Å². The molecule has 0 unspecified atom stereocenters. The van der Waals surface area contributed by atoms with Gasteiger partial charge < -0.3 is 9.80 Å². The van der Waals surface area contributed by atoms with Gasteiger partial charge in [-0.15, -0.1) is 0 Å². The lowest BCUT2D eigenvalue weighted by Crippen LogP contribution is -2.50. The Labute approximate surface area is 116 Å². The molecule has 2 aromatic rings. The number of para-hydroxylation sites is 1. The lowest BCUT2D eigenvalue weighted by molar-refractivity contribution is -0.133. The van der Waals surface area contributed by atoms with Gasteiger partial charge in [0, 0.05) is 31.7 Å². The Kier molecular flexibility index (Phi) is 3.10. The normalized spacial score (nSPS) is 15.8. The summed E-state index contributed by atoms with van der Waals surface area (Å²) in [6.45, 7) is 1.28. The summed E-state index contributed by atoms with van der Waals surface area (Å²) in [5.41, 5.74) is 1.39. The maximum Gasteiger partial charge on any atom is 0.255 e. The molecule has 20 heavy (non-hydrogen) atoms. The molecular weight excluding hydrogens is 254 g/mol. The highest BCUT2D eigenvalue weighted by Crippen LogP contribution is 2.15. The Morgan fingerprint density at radius 1 is 1.25 bits per heavy atom. The molecule has 0 aliphatic carbocycles. The maximum absolute atomic E-state index is 12.4. The molecule has 2 amide bonds. The van der Waals surface area contributed by atoms with Crippen LogP contribution >= 0.6 is 0 Å². The molecule has 1 aromatic heterocycles. The summed E-state index contributed by atoms with van der Waals surface area (Å²) >= 11 is 0. The van der Waals surface area contributed by atoms with Gasteiger partial charge in [0.2, 0.25) is 5.91 Å². The highest BCUT2D eigenvalue weighted by Gasteiger charge is 2.25. The molecule has 0 N–H and O–H groups in total. The SMILES string of the molecule is CN1CCN(C(=O)c2cnc3ccccc3c2)CC1=O. The minimum atomic E-state index is -0.135. The minimum absolute atomic E-state index is 0.0293. The quantitative estimate of drug-likeness (QED) is 0.780. The molecule has 5 nitrogen and oxygen atoms in total. The second kappa shape index (κ2) is 4.92. The van der Waals surface area contributed by atoms with E-state index < -0.39 is 0 Å². The minimum Gasteiger partial charge on any atom is -0.342 e. The molecule has 1 saturated heterocycles. The van der Waals surface area contributed by atoms with Crippen molar-refractivity contribution in [3.8, 4) is 0 Å². The van der Waals surface area contributed by atoms with Gasteiger partial charge in [0.1, 0.15) is 6.54 Å². The van der Waals surface area contributed by atoms with Gasteiger partial charge in [-0.05, 0) is 12.1 Å². The van der Waals surface area contributed by atoms with Gasteiger partial charge in [0.05, 0.1) is 11.1 Å². The van der Waals surface area contributed by atoms with Crippen LogP contribution in [0.15, 0.2) is 36.5 Å². The van der Waals surface area contributed by atoms with Crippen molar-refractivity contribution in [3.05, 3.63) is 42.1 Å². The van der Waals surface area contributed by atoms with E-state index >= 15 is 0 Å². The van der Waals surface area contributed by atoms with Crippen LogP contribution in [0.5, 0.6) is 0 Å². The third-order valence-corrected chi connectivity index (χ3v) is 3.58. The number of hydrogen-bond donors (Lipinski definition) is 0. The van der Waals surface area contributed by atoms with E-state index in [1.807, 2.05) is 30.3 Å². The van der Waals surface area contributed by atoms with E-state index in [1.165, 1.54) is 0 Å². The molecule has 3 rings (SSSR count). The summed E-state index contributed by atoms with van der Waals surface area (Å²) in [5, 5.41) is 0.929. The van der Waals surface area contributed by atoms with E-state index in [4.69, 9.17) is 0 Å². The molecule has 0 bridgehead atoms. The van der Waals surface area contributed by atoms with Crippen molar-refractivity contribution in [1.29, 1.82) is 0 Å². The first-order valence-electron chi connectivity index (χ1n) is 6.53. The number of benzene rings is 1. The first-order chi connectivity index (χ1) is 9.65. The van der Waals surface area contributed by atoms with Crippen LogP contribution in [-0.2, 0) is 4.79 Å². The third-order valence-electron chi connectivity index (χ3n) is 3.58. The lowest BCUT2D eigenvalue weighted by Gasteiger charge is -2.31. The van der Waals surface area contributed by atoms with Crippen LogP contribution in [0.2, 0.25) is 0 Å². The van der Waals surface area contributed by atoms with Crippen molar-refractivity contribution in [2.45, 2.75) is 0 Å². The number of nitrogens with zero attached hydrogens (tertiary/aromatic N) is 3. The average Bonchev–Trinajstić information content (AvgIpc) is 2.49. The van der Waals surface area contributed by atoms with Gasteiger partial charge in [-0.3, -0.25) is 14.6 Å². The second-order valence-corrected chi connectivity index (χ2v) is 4.96. The summed E-state index contributed by atoms with van der Waals surface area (Å²) in [5.74, 6) is -0.164. The summed E-state index contributed by atoms with van der Waals surface area (Å²) in [7, 11) is 1.75. The van der Waals surface area contributed by atoms with Gasteiger partial charge in [-0.1, -0.05) is 18.2 Å². The number of piperazine rings is 1. The average molecular weight is 269 g/mol. The number of likely N-dealkylation sites (N-methyl/N-ethyl adjacent to an activating group) is 1. The van der Waals surface area contributed by atoms with Crippen molar-refractivity contribution in [1.82, 2.24) is 14.8 Å². The number of aromatic nitrogens is 1. The Hall–Kier alpha value is -2.43. The number of carbonyl (C=O) groups is 2. The van der Waals surface area contributed by atoms with Crippen molar-refractivity contribution in [2.75, 3.05) is 26.7 Å². The molecule has 5 heteroatoms. The first-order valence-corrected chi connectivity index (χ1v) is 6.53. The zero-order valence-corrected chi connectivity index (χ0v) is 11.2. The standard InChI is InChI=1S/C15H15N3O2/c1-17-6-7-18(10-14(17)19)15(20)12-8-11-4-2-3-5-13(11)16-9-12/h2-5,8-9H,6-7,10H2,1H3. The van der Waals surface area contributed by atoms with Crippen LogP contribution < -0.4 is 0 Å². The lowest BCUT2D eigenvalue weighted by atomic mass is 10.1. The van der Waals surface area contributed by atoms with Crippen molar-refractivity contribution < 1.29 is 9.59 Å². The maximum atomic E-state index is 12.4. The molecule has 0 saturated carbocycles. The zero-order valence-electron chi connectivity index (χ0n) is 11.2. The molecule has 2 heterocycles. The van der Waals surface area contributed by atoms with Crippen LogP contribution in [0, 0.1) is 0 Å². The van der Waals surface area contributed by atoms with Crippen molar-refractivity contribution in [2.24, 2.45) is 0 Å². The van der Waals surface area contributed by atoms with E-state index in [2.05, 4.69) is 4.98 Å². The predicted octanol–water partition coefficient (Wildman–Crippen LogP) is 1.15. The monoisotopic (exact) mass is 269 g/mol. The molecule has 1 fully saturated rings. The number of amides is 2. The van der Waals surface area contributed by atoms with E-state index in [1.54, 1.807) is 23.0 Å². The summed E-state index contributed by atoms with van der Waals surface area (Å²) < 4.78 is 0. The molecule has 0 spiro atoms. The fourth-order valence-corrected chi connectivity index (χ4v) is 2.30. The fraction of sp³-hybridized carbons (Fsp3) is 0.267. The Morgan fingerprint density at radius 2 is 2.05 bits per heavy atom. The third kappa shape index (κ3) is 2.22. The topological polar surface area (TPSA) is 53.5 Å². The van der Waals surface area contributed by atoms with Crippen LogP contribution in [0.25, 0.3) is 10.9 Å². The molecule has 1 aromatic carbocycles. The largest absolute Gasteiger partial charge is 0.342 e. The van der Waals surface area contributed by atoms with Gasteiger partial charge in [-0.2, -0.15) is 0 Å². The Bertz CT molecular complexity index is 684. The van der Waals surface area contributed by atoms with Gasteiger partial charge in [0.15, 0.2) is 0 Å². The first kappa shape index (κ1) is 12.6. The predicted molar refractivity (Wildman–Crippen MR) is 75.3 cm³/mol. The number of rotatable bonds is 1. The number of pyridine rings is 1. The van der Waals surface area contributed by atoms with Gasteiger partial charge in [-0.25, -0.2) is 0 Å². The molecule has 0 atom stereocenters. The number of fused-ring (bicyclic) bond motifs is 1. The van der Waals surface area contributed by atoms with Gasteiger partial charge >= 0.3 is 0 Å². The van der Waals surface area contributed by atoms with Crippen molar-refractivity contribution in [3.63, 3.8) is 0 Å². The molecule has 0 radical (unpaired) electrons. The smallest absolute Gasteiger partial charge is 0.255 e. The summed E-state index contributed by atoms with van der Waals surface area (Å²) in [4.78, 5) is 31.6. The molecule has 102 valence electrons. The van der Waals surface area contributed by atoms with Gasteiger partial charge in [0.25, 0.3) is 5.91 Å². The Morgan fingerprint density at radius 3 is 2.85 bits per heavy atom. The van der Waals surface area contributed by atoms with E-state index in [-0.39, 0.29) is 18.4 Å². The van der Waals surface area contributed by atoms with Crippen LogP contribution in [0.1, 0.15) is 10.4 Å². The summed E-state index contributed by atoms with van der Waals surface area (Å²) in [6.07, 6.45) is 1.58. The Balaban J connectivity index is 1.87. The molecule has 1 aliphatic rings.